The predicted octanol–water partition coefficient (Wildman–Crippen LogP) is 4.91. The molecule has 2 aromatic carbocycles. The van der Waals surface area contributed by atoms with Gasteiger partial charge in [0.2, 0.25) is 0 Å². The molecule has 0 bridgehead atoms. The van der Waals surface area contributed by atoms with Crippen LogP contribution in [-0.2, 0) is 0 Å². The number of hydrogen-bond donors (Lipinski definition) is 0. The molecule has 0 fully saturated rings. The molecular weight excluding hydrogens is 307 g/mol. The van der Waals surface area contributed by atoms with Gasteiger partial charge >= 0.3 is 0 Å². The van der Waals surface area contributed by atoms with Gasteiger partial charge in [-0.3, -0.25) is 4.79 Å². The molecule has 3 nitrogen and oxygen atoms in total. The zero-order valence-corrected chi connectivity index (χ0v) is 13.9. The maximum Gasteiger partial charge on any atom is 0.185 e. The van der Waals surface area contributed by atoms with E-state index in [1.54, 1.807) is 6.08 Å². The van der Waals surface area contributed by atoms with Gasteiger partial charge in [0.05, 0.1) is 13.2 Å². The molecule has 4 heteroatoms. The zero-order valence-electron chi connectivity index (χ0n) is 13.9. The van der Waals surface area contributed by atoms with Crippen LogP contribution in [0.5, 0.6) is 11.5 Å². The van der Waals surface area contributed by atoms with Gasteiger partial charge in [-0.2, -0.15) is 0 Å². The van der Waals surface area contributed by atoms with E-state index < -0.39 is 0 Å². The van der Waals surface area contributed by atoms with Crippen LogP contribution < -0.4 is 9.47 Å². The van der Waals surface area contributed by atoms with Gasteiger partial charge in [-0.25, -0.2) is 4.39 Å². The molecule has 0 spiro atoms. The Labute approximate surface area is 141 Å². The summed E-state index contributed by atoms with van der Waals surface area (Å²) >= 11 is 0. The summed E-state index contributed by atoms with van der Waals surface area (Å²) in [6.07, 6.45) is 4.09. The standard InChI is InChI=1S/C20H21FO3/c1-3-13-24-19-12-6-15(14-20(19)23-4-2)5-11-18(22)16-7-9-17(21)10-8-16/h5-12,14H,3-4,13H2,1-2H3. The second-order valence-corrected chi connectivity index (χ2v) is 5.19. The lowest BCUT2D eigenvalue weighted by Crippen LogP contribution is -2.00. The summed E-state index contributed by atoms with van der Waals surface area (Å²) in [7, 11) is 0. The number of hydrogen-bond acceptors (Lipinski definition) is 3. The molecule has 24 heavy (non-hydrogen) atoms. The van der Waals surface area contributed by atoms with E-state index in [0.717, 1.165) is 12.0 Å². The molecule has 0 aliphatic rings. The van der Waals surface area contributed by atoms with Crippen LogP contribution in [0.2, 0.25) is 0 Å². The van der Waals surface area contributed by atoms with Gasteiger partial charge in [0, 0.05) is 5.56 Å². The molecule has 0 aliphatic heterocycles. The quantitative estimate of drug-likeness (QED) is 0.510. The van der Waals surface area contributed by atoms with Gasteiger partial charge in [0.25, 0.3) is 0 Å². The average Bonchev–Trinajstić information content (AvgIpc) is 2.59. The summed E-state index contributed by atoms with van der Waals surface area (Å²) in [6.45, 7) is 5.10. The summed E-state index contributed by atoms with van der Waals surface area (Å²) in [5.74, 6) is 0.807. The Bertz CT molecular complexity index is 705. The van der Waals surface area contributed by atoms with E-state index in [0.29, 0.717) is 30.3 Å². The maximum atomic E-state index is 12.9. The first-order valence-electron chi connectivity index (χ1n) is 8.01. The molecule has 2 aromatic rings. The van der Waals surface area contributed by atoms with Gasteiger partial charge in [-0.05, 0) is 61.4 Å². The number of allylic oxidation sites excluding steroid dienone is 1. The molecule has 126 valence electrons. The molecule has 0 aliphatic carbocycles. The first-order valence-corrected chi connectivity index (χ1v) is 8.01. The van der Waals surface area contributed by atoms with Crippen molar-refractivity contribution in [2.45, 2.75) is 20.3 Å². The maximum absolute atomic E-state index is 12.9. The van der Waals surface area contributed by atoms with Crippen LogP contribution in [0.1, 0.15) is 36.2 Å². The van der Waals surface area contributed by atoms with Gasteiger partial charge in [0.1, 0.15) is 5.82 Å². The Morgan fingerprint density at radius 1 is 1.04 bits per heavy atom. The molecule has 0 amide bonds. The second kappa shape index (κ2) is 8.87. The number of benzene rings is 2. The highest BCUT2D eigenvalue weighted by Crippen LogP contribution is 2.29. The highest BCUT2D eigenvalue weighted by Gasteiger charge is 2.06. The Hall–Kier alpha value is -2.62. The zero-order chi connectivity index (χ0) is 17.4. The molecule has 0 saturated heterocycles. The summed E-state index contributed by atoms with van der Waals surface area (Å²) in [6, 6.07) is 11.0. The molecular formula is C20H21FO3. The third-order valence-electron chi connectivity index (χ3n) is 3.29. The van der Waals surface area contributed by atoms with Crippen molar-refractivity contribution in [3.63, 3.8) is 0 Å². The van der Waals surface area contributed by atoms with Crippen LogP contribution in [0.3, 0.4) is 0 Å². The summed E-state index contributed by atoms with van der Waals surface area (Å²) < 4.78 is 24.1. The fourth-order valence-electron chi connectivity index (χ4n) is 2.11. The molecule has 0 radical (unpaired) electrons. The Balaban J connectivity index is 2.14. The largest absolute Gasteiger partial charge is 0.490 e. The van der Waals surface area contributed by atoms with E-state index in [9.17, 15) is 9.18 Å². The third-order valence-corrected chi connectivity index (χ3v) is 3.29. The van der Waals surface area contributed by atoms with Crippen molar-refractivity contribution >= 4 is 11.9 Å². The van der Waals surface area contributed by atoms with Crippen molar-refractivity contribution in [2.75, 3.05) is 13.2 Å². The minimum Gasteiger partial charge on any atom is -0.490 e. The highest BCUT2D eigenvalue weighted by molar-refractivity contribution is 6.06. The highest BCUT2D eigenvalue weighted by atomic mass is 19.1. The summed E-state index contributed by atoms with van der Waals surface area (Å²) in [4.78, 5) is 12.1. The van der Waals surface area contributed by atoms with Crippen LogP contribution in [-0.4, -0.2) is 19.0 Å². The van der Waals surface area contributed by atoms with Gasteiger partial charge < -0.3 is 9.47 Å². The number of carbonyl (C=O) groups is 1. The average molecular weight is 328 g/mol. The Kier molecular flexibility index (Phi) is 6.55. The number of carbonyl (C=O) groups excluding carboxylic acids is 1. The second-order valence-electron chi connectivity index (χ2n) is 5.19. The first kappa shape index (κ1) is 17.7. The monoisotopic (exact) mass is 328 g/mol. The fourth-order valence-corrected chi connectivity index (χ4v) is 2.11. The van der Waals surface area contributed by atoms with Crippen molar-refractivity contribution in [1.82, 2.24) is 0 Å². The van der Waals surface area contributed by atoms with E-state index >= 15 is 0 Å². The van der Waals surface area contributed by atoms with Crippen LogP contribution >= 0.6 is 0 Å². The lowest BCUT2D eigenvalue weighted by molar-refractivity contribution is 0.104. The van der Waals surface area contributed by atoms with Crippen LogP contribution in [0.4, 0.5) is 4.39 Å². The van der Waals surface area contributed by atoms with Gasteiger partial charge in [-0.1, -0.05) is 19.1 Å². The summed E-state index contributed by atoms with van der Waals surface area (Å²) in [5.41, 5.74) is 1.28. The number of halogens is 1. The van der Waals surface area contributed by atoms with E-state index in [2.05, 4.69) is 0 Å². The number of ether oxygens (including phenoxy) is 2. The lowest BCUT2D eigenvalue weighted by atomic mass is 10.1. The van der Waals surface area contributed by atoms with Gasteiger partial charge in [-0.15, -0.1) is 0 Å². The predicted molar refractivity (Wildman–Crippen MR) is 93.2 cm³/mol. The molecule has 0 heterocycles. The number of rotatable bonds is 8. The molecule has 0 aromatic heterocycles. The fraction of sp³-hybridized carbons (Fsp3) is 0.250. The van der Waals surface area contributed by atoms with Crippen molar-refractivity contribution in [1.29, 1.82) is 0 Å². The van der Waals surface area contributed by atoms with E-state index in [1.807, 2.05) is 32.0 Å². The Morgan fingerprint density at radius 3 is 2.46 bits per heavy atom. The minimum atomic E-state index is -0.362. The van der Waals surface area contributed by atoms with E-state index in [4.69, 9.17) is 9.47 Å². The Morgan fingerprint density at radius 2 is 1.79 bits per heavy atom. The third kappa shape index (κ3) is 4.95. The van der Waals surface area contributed by atoms with Crippen molar-refractivity contribution in [3.05, 3.63) is 65.5 Å². The molecule has 0 saturated carbocycles. The first-order chi connectivity index (χ1) is 11.6. The molecule has 0 N–H and O–H groups in total. The number of ketones is 1. The lowest BCUT2D eigenvalue weighted by Gasteiger charge is -2.12. The van der Waals surface area contributed by atoms with Crippen molar-refractivity contribution in [2.24, 2.45) is 0 Å². The molecule has 2 rings (SSSR count). The van der Waals surface area contributed by atoms with Gasteiger partial charge in [0.15, 0.2) is 17.3 Å². The molecule has 0 atom stereocenters. The smallest absolute Gasteiger partial charge is 0.185 e. The molecule has 0 unspecified atom stereocenters. The topological polar surface area (TPSA) is 35.5 Å². The van der Waals surface area contributed by atoms with E-state index in [-0.39, 0.29) is 11.6 Å². The van der Waals surface area contributed by atoms with Crippen LogP contribution in [0.15, 0.2) is 48.5 Å². The normalized spacial score (nSPS) is 10.8. The van der Waals surface area contributed by atoms with Crippen molar-refractivity contribution in [3.8, 4) is 11.5 Å². The summed E-state index contributed by atoms with van der Waals surface area (Å²) in [5, 5.41) is 0. The van der Waals surface area contributed by atoms with Crippen molar-refractivity contribution < 1.29 is 18.7 Å². The van der Waals surface area contributed by atoms with E-state index in [1.165, 1.54) is 30.3 Å². The minimum absolute atomic E-state index is 0.181. The van der Waals surface area contributed by atoms with Crippen LogP contribution in [0, 0.1) is 5.82 Å². The van der Waals surface area contributed by atoms with Crippen LogP contribution in [0.25, 0.3) is 6.08 Å². The SMILES string of the molecule is CCCOc1ccc(C=CC(=O)c2ccc(F)cc2)cc1OCC.